The van der Waals surface area contributed by atoms with Crippen LogP contribution >= 0.6 is 12.2 Å². The normalized spacial score (nSPS) is 12.4. The van der Waals surface area contributed by atoms with E-state index in [1.54, 1.807) is 0 Å². The van der Waals surface area contributed by atoms with Crippen LogP contribution in [0.2, 0.25) is 0 Å². The Kier molecular flexibility index (Phi) is 5.68. The summed E-state index contributed by atoms with van der Waals surface area (Å²) < 4.78 is 52.4. The fourth-order valence-corrected chi connectivity index (χ4v) is 2.27. The standard InChI is InChI=1S/C16H13F4N3OS/c1-21-15(25)23-14(24)13(9-3-2-4-11(17)7-9)12-8-10(5-6-22-12)16(18,19)20/h2-8,13H,1H3,(H2,21,23,24,25). The van der Waals surface area contributed by atoms with Crippen molar-refractivity contribution >= 4 is 23.2 Å². The summed E-state index contributed by atoms with van der Waals surface area (Å²) in [5, 5.41) is 4.85. The number of hydrogen-bond acceptors (Lipinski definition) is 3. The minimum Gasteiger partial charge on any atom is -0.365 e. The van der Waals surface area contributed by atoms with E-state index in [1.807, 2.05) is 0 Å². The predicted octanol–water partition coefficient (Wildman–Crippen LogP) is 2.99. The molecule has 0 saturated heterocycles. The summed E-state index contributed by atoms with van der Waals surface area (Å²) in [6.45, 7) is 0. The molecule has 0 radical (unpaired) electrons. The Hall–Kier alpha value is -2.55. The van der Waals surface area contributed by atoms with Crippen LogP contribution in [0, 0.1) is 5.82 Å². The molecule has 0 aliphatic heterocycles. The van der Waals surface area contributed by atoms with Crippen LogP contribution in [0.5, 0.6) is 0 Å². The first-order valence-electron chi connectivity index (χ1n) is 7.03. The van der Waals surface area contributed by atoms with Crippen LogP contribution in [0.3, 0.4) is 0 Å². The molecule has 1 aromatic carbocycles. The van der Waals surface area contributed by atoms with E-state index < -0.39 is 29.4 Å². The molecule has 2 N–H and O–H groups in total. The van der Waals surface area contributed by atoms with Crippen molar-refractivity contribution in [3.05, 3.63) is 65.2 Å². The van der Waals surface area contributed by atoms with Crippen LogP contribution in [0.4, 0.5) is 17.6 Å². The first-order valence-corrected chi connectivity index (χ1v) is 7.44. The molecule has 0 spiro atoms. The minimum absolute atomic E-state index is 0.0154. The Labute approximate surface area is 146 Å². The molecule has 1 atom stereocenters. The monoisotopic (exact) mass is 371 g/mol. The topological polar surface area (TPSA) is 54.0 Å². The van der Waals surface area contributed by atoms with Crippen LogP contribution in [-0.2, 0) is 11.0 Å². The molecule has 1 heterocycles. The molecule has 0 saturated carbocycles. The van der Waals surface area contributed by atoms with Crippen LogP contribution < -0.4 is 10.6 Å². The van der Waals surface area contributed by atoms with Crippen LogP contribution in [-0.4, -0.2) is 23.1 Å². The van der Waals surface area contributed by atoms with Gasteiger partial charge in [-0.3, -0.25) is 9.78 Å². The molecule has 9 heteroatoms. The van der Waals surface area contributed by atoms with Gasteiger partial charge in [-0.2, -0.15) is 13.2 Å². The van der Waals surface area contributed by atoms with Gasteiger partial charge in [-0.05, 0) is 42.0 Å². The van der Waals surface area contributed by atoms with Gasteiger partial charge in [0.05, 0.1) is 11.3 Å². The Balaban J connectivity index is 2.52. The van der Waals surface area contributed by atoms with Gasteiger partial charge in [0.2, 0.25) is 5.91 Å². The molecule has 0 fully saturated rings. The van der Waals surface area contributed by atoms with Gasteiger partial charge >= 0.3 is 6.18 Å². The van der Waals surface area contributed by atoms with Gasteiger partial charge < -0.3 is 10.6 Å². The molecule has 0 aliphatic carbocycles. The SMILES string of the molecule is CNC(=S)NC(=O)C(c1cccc(F)c1)c1cc(C(F)(F)F)ccn1. The molecular formula is C16H13F4N3OS. The van der Waals surface area contributed by atoms with Crippen molar-refractivity contribution in [1.82, 2.24) is 15.6 Å². The van der Waals surface area contributed by atoms with Gasteiger partial charge in [-0.1, -0.05) is 12.1 Å². The smallest absolute Gasteiger partial charge is 0.365 e. The van der Waals surface area contributed by atoms with Crippen LogP contribution in [0.1, 0.15) is 22.7 Å². The van der Waals surface area contributed by atoms with Gasteiger partial charge in [0, 0.05) is 13.2 Å². The van der Waals surface area contributed by atoms with Gasteiger partial charge in [-0.15, -0.1) is 0 Å². The highest BCUT2D eigenvalue weighted by molar-refractivity contribution is 7.80. The second kappa shape index (κ2) is 7.56. The molecule has 132 valence electrons. The lowest BCUT2D eigenvalue weighted by Gasteiger charge is -2.18. The number of alkyl halides is 3. The van der Waals surface area contributed by atoms with E-state index in [0.29, 0.717) is 0 Å². The number of nitrogens with one attached hydrogen (secondary N) is 2. The first-order chi connectivity index (χ1) is 11.7. The summed E-state index contributed by atoms with van der Waals surface area (Å²) in [7, 11) is 1.47. The zero-order valence-electron chi connectivity index (χ0n) is 12.9. The second-order valence-corrected chi connectivity index (χ2v) is 5.43. The quantitative estimate of drug-likeness (QED) is 0.643. The highest BCUT2D eigenvalue weighted by Gasteiger charge is 2.33. The number of nitrogens with zero attached hydrogens (tertiary/aromatic N) is 1. The van der Waals surface area contributed by atoms with Crippen LogP contribution in [0.25, 0.3) is 0 Å². The maximum absolute atomic E-state index is 13.5. The molecule has 2 aromatic rings. The highest BCUT2D eigenvalue weighted by atomic mass is 32.1. The van der Waals surface area contributed by atoms with E-state index in [-0.39, 0.29) is 16.4 Å². The lowest BCUT2D eigenvalue weighted by atomic mass is 9.93. The van der Waals surface area contributed by atoms with Crippen molar-refractivity contribution in [3.63, 3.8) is 0 Å². The second-order valence-electron chi connectivity index (χ2n) is 5.02. The summed E-state index contributed by atoms with van der Waals surface area (Å²) in [5.74, 6) is -2.61. The van der Waals surface area contributed by atoms with Gasteiger partial charge in [-0.25, -0.2) is 4.39 Å². The van der Waals surface area contributed by atoms with Gasteiger partial charge in [0.1, 0.15) is 11.7 Å². The fraction of sp³-hybridized carbons (Fsp3) is 0.188. The number of halogens is 4. The van der Waals surface area contributed by atoms with Crippen molar-refractivity contribution in [2.45, 2.75) is 12.1 Å². The average Bonchev–Trinajstić information content (AvgIpc) is 2.54. The number of amides is 1. The minimum atomic E-state index is -4.60. The maximum atomic E-state index is 13.5. The number of aromatic nitrogens is 1. The van der Waals surface area contributed by atoms with E-state index in [9.17, 15) is 22.4 Å². The Morgan fingerprint density at radius 3 is 2.56 bits per heavy atom. The number of carbonyl (C=O) groups is 1. The van der Waals surface area contributed by atoms with Crippen molar-refractivity contribution in [1.29, 1.82) is 0 Å². The fourth-order valence-electron chi connectivity index (χ4n) is 2.17. The summed E-state index contributed by atoms with van der Waals surface area (Å²) >= 11 is 4.84. The number of rotatable bonds is 3. The predicted molar refractivity (Wildman–Crippen MR) is 87.3 cm³/mol. The van der Waals surface area contributed by atoms with Crippen molar-refractivity contribution in [3.8, 4) is 0 Å². The van der Waals surface area contributed by atoms with Crippen molar-refractivity contribution in [2.75, 3.05) is 7.05 Å². The molecule has 1 unspecified atom stereocenters. The Bertz CT molecular complexity index is 795. The van der Waals surface area contributed by atoms with Crippen molar-refractivity contribution < 1.29 is 22.4 Å². The first kappa shape index (κ1) is 18.8. The lowest BCUT2D eigenvalue weighted by molar-refractivity contribution is -0.137. The Morgan fingerprint density at radius 1 is 1.24 bits per heavy atom. The van der Waals surface area contributed by atoms with Crippen LogP contribution in [0.15, 0.2) is 42.6 Å². The maximum Gasteiger partial charge on any atom is 0.416 e. The third kappa shape index (κ3) is 4.72. The summed E-state index contributed by atoms with van der Waals surface area (Å²) in [6, 6.07) is 6.57. The zero-order chi connectivity index (χ0) is 18.6. The van der Waals surface area contributed by atoms with E-state index in [0.717, 1.165) is 30.5 Å². The van der Waals surface area contributed by atoms with Crippen molar-refractivity contribution in [2.24, 2.45) is 0 Å². The molecule has 1 aromatic heterocycles. The molecule has 0 aliphatic rings. The number of carbonyl (C=O) groups excluding carboxylic acids is 1. The third-order valence-electron chi connectivity index (χ3n) is 3.31. The third-order valence-corrected chi connectivity index (χ3v) is 3.62. The molecular weight excluding hydrogens is 358 g/mol. The van der Waals surface area contributed by atoms with E-state index in [2.05, 4.69) is 15.6 Å². The Morgan fingerprint density at radius 2 is 1.96 bits per heavy atom. The van der Waals surface area contributed by atoms with E-state index in [1.165, 1.54) is 19.2 Å². The van der Waals surface area contributed by atoms with E-state index in [4.69, 9.17) is 12.2 Å². The number of hydrogen-bond donors (Lipinski definition) is 2. The summed E-state index contributed by atoms with van der Waals surface area (Å²) in [5.41, 5.74) is -0.969. The highest BCUT2D eigenvalue weighted by Crippen LogP contribution is 2.32. The average molecular weight is 371 g/mol. The molecule has 2 rings (SSSR count). The number of pyridine rings is 1. The zero-order valence-corrected chi connectivity index (χ0v) is 13.7. The van der Waals surface area contributed by atoms with Gasteiger partial charge in [0.25, 0.3) is 0 Å². The number of benzene rings is 1. The molecule has 0 bridgehead atoms. The van der Waals surface area contributed by atoms with Gasteiger partial charge in [0.15, 0.2) is 5.11 Å². The summed E-state index contributed by atoms with van der Waals surface area (Å²) in [6.07, 6.45) is -3.64. The summed E-state index contributed by atoms with van der Waals surface area (Å²) in [4.78, 5) is 16.4. The molecule has 4 nitrogen and oxygen atoms in total. The molecule has 25 heavy (non-hydrogen) atoms. The number of thiocarbonyl (C=S) groups is 1. The molecule has 1 amide bonds. The largest absolute Gasteiger partial charge is 0.416 e. The van der Waals surface area contributed by atoms with E-state index >= 15 is 0 Å². The lowest BCUT2D eigenvalue weighted by Crippen LogP contribution is -2.40.